The van der Waals surface area contributed by atoms with Gasteiger partial charge in [0, 0.05) is 29.4 Å². The molecular weight excluding hydrogens is 296 g/mol. The van der Waals surface area contributed by atoms with Crippen LogP contribution < -0.4 is 10.6 Å². The van der Waals surface area contributed by atoms with Crippen LogP contribution in [0.25, 0.3) is 0 Å². The van der Waals surface area contributed by atoms with Crippen LogP contribution in [-0.2, 0) is 9.84 Å². The Morgan fingerprint density at radius 2 is 2.10 bits per heavy atom. The second-order valence-corrected chi connectivity index (χ2v) is 8.38. The van der Waals surface area contributed by atoms with Crippen molar-refractivity contribution in [1.29, 1.82) is 0 Å². The van der Waals surface area contributed by atoms with Crippen LogP contribution in [0.4, 0.5) is 11.6 Å². The Balaban J connectivity index is 2.48. The van der Waals surface area contributed by atoms with Crippen molar-refractivity contribution in [1.82, 2.24) is 9.97 Å². The maximum absolute atomic E-state index is 12.3. The van der Waals surface area contributed by atoms with Gasteiger partial charge in [0.05, 0.1) is 0 Å². The number of hydrogen-bond donors (Lipinski definition) is 1. The molecule has 1 atom stereocenters. The van der Waals surface area contributed by atoms with Crippen molar-refractivity contribution in [2.75, 3.05) is 34.4 Å². The Kier molecular flexibility index (Phi) is 4.43. The van der Waals surface area contributed by atoms with Crippen LogP contribution in [0, 0.1) is 13.8 Å². The molecule has 0 spiro atoms. The zero-order valence-electron chi connectivity index (χ0n) is 12.0. The SMILES string of the molecule is CCS(=O)(=O)C1CSCCN1c1nc(C)nc(N)c1C. The zero-order valence-corrected chi connectivity index (χ0v) is 13.6. The van der Waals surface area contributed by atoms with E-state index in [9.17, 15) is 8.42 Å². The van der Waals surface area contributed by atoms with Crippen molar-refractivity contribution in [2.24, 2.45) is 0 Å². The van der Waals surface area contributed by atoms with Crippen LogP contribution in [0.15, 0.2) is 0 Å². The van der Waals surface area contributed by atoms with Crippen molar-refractivity contribution in [3.63, 3.8) is 0 Å². The van der Waals surface area contributed by atoms with E-state index in [0.717, 1.165) is 11.3 Å². The smallest absolute Gasteiger partial charge is 0.171 e. The van der Waals surface area contributed by atoms with E-state index in [1.165, 1.54) is 0 Å². The van der Waals surface area contributed by atoms with Crippen molar-refractivity contribution >= 4 is 33.2 Å². The molecule has 0 aromatic carbocycles. The maximum Gasteiger partial charge on any atom is 0.171 e. The number of sulfone groups is 1. The van der Waals surface area contributed by atoms with Crippen LogP contribution in [0.5, 0.6) is 0 Å². The highest BCUT2D eigenvalue weighted by Gasteiger charge is 2.34. The number of hydrogen-bond acceptors (Lipinski definition) is 7. The fourth-order valence-corrected chi connectivity index (χ4v) is 5.20. The molecular formula is C12H20N4O2S2. The quantitative estimate of drug-likeness (QED) is 0.889. The largest absolute Gasteiger partial charge is 0.383 e. The molecule has 2 N–H and O–H groups in total. The van der Waals surface area contributed by atoms with Crippen molar-refractivity contribution in [3.05, 3.63) is 11.4 Å². The molecule has 0 radical (unpaired) electrons. The summed E-state index contributed by atoms with van der Waals surface area (Å²) in [6.45, 7) is 5.94. The van der Waals surface area contributed by atoms with Gasteiger partial charge in [-0.3, -0.25) is 0 Å². The first kappa shape index (κ1) is 15.4. The van der Waals surface area contributed by atoms with Gasteiger partial charge in [-0.15, -0.1) is 0 Å². The predicted molar refractivity (Wildman–Crippen MR) is 83.8 cm³/mol. The minimum Gasteiger partial charge on any atom is -0.383 e. The highest BCUT2D eigenvalue weighted by atomic mass is 32.2. The van der Waals surface area contributed by atoms with E-state index < -0.39 is 15.2 Å². The van der Waals surface area contributed by atoms with Gasteiger partial charge in [0.25, 0.3) is 0 Å². The van der Waals surface area contributed by atoms with E-state index in [4.69, 9.17) is 5.73 Å². The number of anilines is 2. The highest BCUT2D eigenvalue weighted by Crippen LogP contribution is 2.30. The number of nitrogen functional groups attached to an aromatic ring is 1. The fourth-order valence-electron chi connectivity index (χ4n) is 2.23. The van der Waals surface area contributed by atoms with Crippen LogP contribution in [-0.4, -0.2) is 47.6 Å². The number of thioether (sulfide) groups is 1. The molecule has 0 aliphatic carbocycles. The molecule has 20 heavy (non-hydrogen) atoms. The van der Waals surface area contributed by atoms with E-state index in [2.05, 4.69) is 9.97 Å². The molecule has 112 valence electrons. The molecule has 0 amide bonds. The molecule has 8 heteroatoms. The summed E-state index contributed by atoms with van der Waals surface area (Å²) in [6, 6.07) is 0. The third kappa shape index (κ3) is 2.85. The monoisotopic (exact) mass is 316 g/mol. The van der Waals surface area contributed by atoms with E-state index in [1.807, 2.05) is 11.8 Å². The van der Waals surface area contributed by atoms with Gasteiger partial charge >= 0.3 is 0 Å². The lowest BCUT2D eigenvalue weighted by molar-refractivity contribution is 0.578. The molecule has 1 fully saturated rings. The molecule has 1 saturated heterocycles. The second-order valence-electron chi connectivity index (χ2n) is 4.78. The number of nitrogens with zero attached hydrogens (tertiary/aromatic N) is 3. The molecule has 0 saturated carbocycles. The molecule has 6 nitrogen and oxygen atoms in total. The fraction of sp³-hybridized carbons (Fsp3) is 0.667. The lowest BCUT2D eigenvalue weighted by atomic mass is 10.2. The van der Waals surface area contributed by atoms with E-state index in [0.29, 0.717) is 29.8 Å². The topological polar surface area (TPSA) is 89.2 Å². The third-order valence-corrected chi connectivity index (χ3v) is 6.73. The van der Waals surface area contributed by atoms with Gasteiger partial charge in [-0.25, -0.2) is 18.4 Å². The van der Waals surface area contributed by atoms with Gasteiger partial charge in [0.1, 0.15) is 22.8 Å². The van der Waals surface area contributed by atoms with Gasteiger partial charge in [-0.05, 0) is 13.8 Å². The predicted octanol–water partition coefficient (Wildman–Crippen LogP) is 0.990. The maximum atomic E-state index is 12.3. The summed E-state index contributed by atoms with van der Waals surface area (Å²) >= 11 is 1.66. The number of rotatable bonds is 3. The van der Waals surface area contributed by atoms with Gasteiger partial charge < -0.3 is 10.6 Å². The van der Waals surface area contributed by atoms with Crippen molar-refractivity contribution < 1.29 is 8.42 Å². The molecule has 2 heterocycles. The Morgan fingerprint density at radius 3 is 2.75 bits per heavy atom. The summed E-state index contributed by atoms with van der Waals surface area (Å²) in [5, 5.41) is -0.529. The Labute approximate surface area is 124 Å². The van der Waals surface area contributed by atoms with Crippen molar-refractivity contribution in [3.8, 4) is 0 Å². The summed E-state index contributed by atoms with van der Waals surface area (Å²) in [5.41, 5.74) is 6.63. The number of aromatic nitrogens is 2. The summed E-state index contributed by atoms with van der Waals surface area (Å²) in [7, 11) is -3.16. The Hall–Kier alpha value is -1.02. The third-order valence-electron chi connectivity index (χ3n) is 3.44. The van der Waals surface area contributed by atoms with Gasteiger partial charge in [-0.1, -0.05) is 6.92 Å². The van der Waals surface area contributed by atoms with E-state index in [-0.39, 0.29) is 5.75 Å². The molecule has 1 aliphatic heterocycles. The average molecular weight is 316 g/mol. The van der Waals surface area contributed by atoms with Crippen LogP contribution in [0.3, 0.4) is 0 Å². The van der Waals surface area contributed by atoms with Crippen LogP contribution >= 0.6 is 11.8 Å². The van der Waals surface area contributed by atoms with E-state index in [1.54, 1.807) is 25.6 Å². The molecule has 1 aromatic rings. The van der Waals surface area contributed by atoms with Crippen LogP contribution in [0.2, 0.25) is 0 Å². The molecule has 1 unspecified atom stereocenters. The van der Waals surface area contributed by atoms with Crippen molar-refractivity contribution in [2.45, 2.75) is 26.1 Å². The van der Waals surface area contributed by atoms with Gasteiger partial charge in [-0.2, -0.15) is 11.8 Å². The lowest BCUT2D eigenvalue weighted by Gasteiger charge is -2.36. The summed E-state index contributed by atoms with van der Waals surface area (Å²) in [4.78, 5) is 10.4. The lowest BCUT2D eigenvalue weighted by Crippen LogP contribution is -2.48. The average Bonchev–Trinajstić information content (AvgIpc) is 2.43. The second kappa shape index (κ2) is 5.77. The standard InChI is InChI=1S/C12H20N4O2S2/c1-4-20(17,18)10-7-19-6-5-16(10)12-8(2)11(13)14-9(3)15-12/h10H,4-7H2,1-3H3,(H2,13,14,15). The number of nitrogens with two attached hydrogens (primary N) is 1. The Bertz CT molecular complexity index is 604. The first-order valence-corrected chi connectivity index (χ1v) is 9.40. The Morgan fingerprint density at radius 1 is 1.40 bits per heavy atom. The summed E-state index contributed by atoms with van der Waals surface area (Å²) in [6.07, 6.45) is 0. The molecule has 2 rings (SSSR count). The molecule has 1 aromatic heterocycles. The summed E-state index contributed by atoms with van der Waals surface area (Å²) in [5.74, 6) is 3.22. The highest BCUT2D eigenvalue weighted by molar-refractivity contribution is 8.01. The normalized spacial score (nSPS) is 20.1. The summed E-state index contributed by atoms with van der Waals surface area (Å²) < 4.78 is 24.6. The molecule has 0 bridgehead atoms. The van der Waals surface area contributed by atoms with Gasteiger partial charge in [0.15, 0.2) is 9.84 Å². The van der Waals surface area contributed by atoms with Gasteiger partial charge in [0.2, 0.25) is 0 Å². The number of aryl methyl sites for hydroxylation is 1. The first-order valence-electron chi connectivity index (χ1n) is 6.53. The minimum absolute atomic E-state index is 0.132. The van der Waals surface area contributed by atoms with Crippen LogP contribution in [0.1, 0.15) is 18.3 Å². The minimum atomic E-state index is -3.16. The van der Waals surface area contributed by atoms with E-state index >= 15 is 0 Å². The first-order chi connectivity index (χ1) is 9.36. The molecule has 1 aliphatic rings. The zero-order chi connectivity index (χ0) is 14.9.